The van der Waals surface area contributed by atoms with E-state index in [2.05, 4.69) is 55.4 Å². The average molecular weight is 509 g/mol. The van der Waals surface area contributed by atoms with E-state index in [1.165, 1.54) is 17.3 Å². The first-order valence-electron chi connectivity index (χ1n) is 10.0. The SMILES string of the molecule is CC(C)c1ccc(NC(=O)c2nnn(-c3ccc(Br)cc3)c2CSc2ncccn2)cc1. The van der Waals surface area contributed by atoms with Crippen molar-refractivity contribution in [2.45, 2.75) is 30.7 Å². The summed E-state index contributed by atoms with van der Waals surface area (Å²) >= 11 is 4.87. The summed E-state index contributed by atoms with van der Waals surface area (Å²) in [5.41, 5.74) is 3.67. The lowest BCUT2D eigenvalue weighted by molar-refractivity contribution is 0.102. The van der Waals surface area contributed by atoms with Gasteiger partial charge in [-0.25, -0.2) is 14.6 Å². The van der Waals surface area contributed by atoms with E-state index in [0.29, 0.717) is 28.2 Å². The molecule has 2 aromatic heterocycles. The van der Waals surface area contributed by atoms with E-state index >= 15 is 0 Å². The minimum Gasteiger partial charge on any atom is -0.321 e. The normalized spacial score (nSPS) is 11.0. The number of rotatable bonds is 7. The molecule has 1 N–H and O–H groups in total. The van der Waals surface area contributed by atoms with Crippen molar-refractivity contribution < 1.29 is 4.79 Å². The zero-order chi connectivity index (χ0) is 22.5. The molecule has 0 atom stereocenters. The minimum atomic E-state index is -0.310. The predicted molar refractivity (Wildman–Crippen MR) is 129 cm³/mol. The van der Waals surface area contributed by atoms with Gasteiger partial charge in [-0.1, -0.05) is 58.9 Å². The number of anilines is 1. The molecule has 0 fully saturated rings. The highest BCUT2D eigenvalue weighted by molar-refractivity contribution is 9.10. The zero-order valence-corrected chi connectivity index (χ0v) is 20.0. The van der Waals surface area contributed by atoms with Gasteiger partial charge in [-0.15, -0.1) is 5.10 Å². The van der Waals surface area contributed by atoms with E-state index < -0.39 is 0 Å². The van der Waals surface area contributed by atoms with Crippen molar-refractivity contribution in [2.24, 2.45) is 0 Å². The van der Waals surface area contributed by atoms with Gasteiger partial charge in [0.25, 0.3) is 5.91 Å². The van der Waals surface area contributed by atoms with Crippen LogP contribution in [0.1, 0.15) is 41.5 Å². The molecule has 9 heteroatoms. The second kappa shape index (κ2) is 10.1. The third-order valence-electron chi connectivity index (χ3n) is 4.76. The Morgan fingerprint density at radius 1 is 1.06 bits per heavy atom. The number of halogens is 1. The fraction of sp³-hybridized carbons (Fsp3) is 0.174. The van der Waals surface area contributed by atoms with Crippen LogP contribution in [-0.2, 0) is 5.75 Å². The van der Waals surface area contributed by atoms with Crippen LogP contribution in [0.2, 0.25) is 0 Å². The number of hydrogen-bond donors (Lipinski definition) is 1. The summed E-state index contributed by atoms with van der Waals surface area (Å²) in [5, 5.41) is 12.0. The molecule has 0 aliphatic carbocycles. The van der Waals surface area contributed by atoms with E-state index in [-0.39, 0.29) is 11.6 Å². The standard InChI is InChI=1S/C23H21BrN6OS/c1-15(2)16-4-8-18(9-5-16)27-22(31)21-20(14-32-23-25-12-3-13-26-23)30(29-28-21)19-10-6-17(24)7-11-19/h3-13,15H,14H2,1-2H3,(H,27,31). The van der Waals surface area contributed by atoms with Gasteiger partial charge in [0.05, 0.1) is 11.4 Å². The van der Waals surface area contributed by atoms with Crippen LogP contribution >= 0.6 is 27.7 Å². The molecule has 0 aliphatic rings. The van der Waals surface area contributed by atoms with Crippen molar-refractivity contribution in [3.63, 3.8) is 0 Å². The third kappa shape index (κ3) is 5.23. The van der Waals surface area contributed by atoms with Gasteiger partial charge in [-0.2, -0.15) is 0 Å². The zero-order valence-electron chi connectivity index (χ0n) is 17.6. The second-order valence-corrected chi connectivity index (χ2v) is 9.18. The highest BCUT2D eigenvalue weighted by Crippen LogP contribution is 2.24. The molecule has 2 heterocycles. The smallest absolute Gasteiger partial charge is 0.278 e. The largest absolute Gasteiger partial charge is 0.321 e. The summed E-state index contributed by atoms with van der Waals surface area (Å²) in [6.45, 7) is 4.27. The fourth-order valence-electron chi connectivity index (χ4n) is 3.03. The first kappa shape index (κ1) is 22.2. The van der Waals surface area contributed by atoms with E-state index in [0.717, 1.165) is 10.2 Å². The van der Waals surface area contributed by atoms with Gasteiger partial charge >= 0.3 is 0 Å². The Morgan fingerprint density at radius 3 is 2.41 bits per heavy atom. The monoisotopic (exact) mass is 508 g/mol. The summed E-state index contributed by atoms with van der Waals surface area (Å²) in [7, 11) is 0. The Hall–Kier alpha value is -3.04. The first-order valence-corrected chi connectivity index (χ1v) is 11.8. The molecule has 0 bridgehead atoms. The molecular weight excluding hydrogens is 488 g/mol. The van der Waals surface area contributed by atoms with Crippen LogP contribution in [0.5, 0.6) is 0 Å². The Morgan fingerprint density at radius 2 is 1.75 bits per heavy atom. The molecule has 2 aromatic carbocycles. The Kier molecular flexibility index (Phi) is 6.96. The van der Waals surface area contributed by atoms with Gasteiger partial charge in [0.2, 0.25) is 0 Å². The van der Waals surface area contributed by atoms with Crippen LogP contribution in [0.3, 0.4) is 0 Å². The first-order chi connectivity index (χ1) is 15.5. The molecule has 0 saturated heterocycles. The number of nitrogens with zero attached hydrogens (tertiary/aromatic N) is 5. The lowest BCUT2D eigenvalue weighted by atomic mass is 10.0. The van der Waals surface area contributed by atoms with Crippen LogP contribution in [-0.4, -0.2) is 30.9 Å². The number of carbonyl (C=O) groups excluding carboxylic acids is 1. The number of carbonyl (C=O) groups is 1. The summed E-state index contributed by atoms with van der Waals surface area (Å²) in [5.74, 6) is 0.548. The third-order valence-corrected chi connectivity index (χ3v) is 6.18. The van der Waals surface area contributed by atoms with E-state index in [1.54, 1.807) is 23.1 Å². The molecule has 32 heavy (non-hydrogen) atoms. The Labute approximate surface area is 198 Å². The van der Waals surface area contributed by atoms with Crippen LogP contribution < -0.4 is 5.32 Å². The molecule has 0 spiro atoms. The van der Waals surface area contributed by atoms with Gasteiger partial charge in [0.15, 0.2) is 10.9 Å². The van der Waals surface area contributed by atoms with Gasteiger partial charge in [0.1, 0.15) is 0 Å². The topological polar surface area (TPSA) is 85.6 Å². The lowest BCUT2D eigenvalue weighted by Crippen LogP contribution is -2.15. The molecule has 1 amide bonds. The van der Waals surface area contributed by atoms with Crippen LogP contribution in [0.15, 0.2) is 76.6 Å². The number of benzene rings is 2. The van der Waals surface area contributed by atoms with Gasteiger partial charge < -0.3 is 5.32 Å². The van der Waals surface area contributed by atoms with Crippen LogP contribution in [0.4, 0.5) is 5.69 Å². The van der Waals surface area contributed by atoms with E-state index in [1.807, 2.05) is 48.5 Å². The molecule has 0 radical (unpaired) electrons. The number of aromatic nitrogens is 5. The van der Waals surface area contributed by atoms with Gasteiger partial charge in [0, 0.05) is 28.3 Å². The quantitative estimate of drug-likeness (QED) is 0.262. The molecule has 4 rings (SSSR count). The number of hydrogen-bond acceptors (Lipinski definition) is 6. The predicted octanol–water partition coefficient (Wildman–Crippen LogP) is 5.49. The minimum absolute atomic E-state index is 0.268. The van der Waals surface area contributed by atoms with Crippen molar-refractivity contribution in [1.82, 2.24) is 25.0 Å². The maximum absolute atomic E-state index is 13.1. The maximum atomic E-state index is 13.1. The van der Waals surface area contributed by atoms with Crippen molar-refractivity contribution in [1.29, 1.82) is 0 Å². The molecule has 0 unspecified atom stereocenters. The van der Waals surface area contributed by atoms with Crippen molar-refractivity contribution in [2.75, 3.05) is 5.32 Å². The van der Waals surface area contributed by atoms with Crippen molar-refractivity contribution in [3.05, 3.63) is 88.4 Å². The molecule has 162 valence electrons. The fourth-order valence-corrected chi connectivity index (χ4v) is 4.09. The molecule has 0 saturated carbocycles. The summed E-state index contributed by atoms with van der Waals surface area (Å²) in [6, 6.07) is 17.3. The summed E-state index contributed by atoms with van der Waals surface area (Å²) in [4.78, 5) is 21.6. The number of amides is 1. The van der Waals surface area contributed by atoms with Crippen LogP contribution in [0.25, 0.3) is 5.69 Å². The van der Waals surface area contributed by atoms with E-state index in [4.69, 9.17) is 0 Å². The molecular formula is C23H21BrN6OS. The maximum Gasteiger partial charge on any atom is 0.278 e. The van der Waals surface area contributed by atoms with Gasteiger partial charge in [-0.05, 0) is 53.9 Å². The molecule has 0 aliphatic heterocycles. The van der Waals surface area contributed by atoms with Gasteiger partial charge in [-0.3, -0.25) is 4.79 Å². The van der Waals surface area contributed by atoms with Crippen molar-refractivity contribution >= 4 is 39.3 Å². The Balaban J connectivity index is 1.62. The van der Waals surface area contributed by atoms with Crippen LogP contribution in [0, 0.1) is 0 Å². The highest BCUT2D eigenvalue weighted by Gasteiger charge is 2.21. The average Bonchev–Trinajstić information content (AvgIpc) is 3.23. The second-order valence-electron chi connectivity index (χ2n) is 7.32. The summed E-state index contributed by atoms with van der Waals surface area (Å²) < 4.78 is 2.64. The summed E-state index contributed by atoms with van der Waals surface area (Å²) in [6.07, 6.45) is 3.38. The highest BCUT2D eigenvalue weighted by atomic mass is 79.9. The van der Waals surface area contributed by atoms with Crippen molar-refractivity contribution in [3.8, 4) is 5.69 Å². The Bertz CT molecular complexity index is 1190. The lowest BCUT2D eigenvalue weighted by Gasteiger charge is -2.10. The van der Waals surface area contributed by atoms with E-state index in [9.17, 15) is 4.79 Å². The number of nitrogens with one attached hydrogen (secondary N) is 1. The molecule has 7 nitrogen and oxygen atoms in total. The molecule has 4 aromatic rings. The number of thioether (sulfide) groups is 1.